The van der Waals surface area contributed by atoms with Crippen LogP contribution in [0.15, 0.2) is 65.1 Å². The number of nitrogens with one attached hydrogen (secondary N) is 2. The fraction of sp³-hybridized carbons (Fsp3) is 0.160. The molecule has 0 fully saturated rings. The van der Waals surface area contributed by atoms with Crippen LogP contribution in [0, 0.1) is 28.4 Å². The monoisotopic (exact) mass is 484 g/mol. The molecular weight excluding hydrogens is 464 g/mol. The zero-order valence-electron chi connectivity index (χ0n) is 18.2. The molecule has 1 unspecified atom stereocenters. The Morgan fingerprint density at radius 3 is 2.49 bits per heavy atom. The molecule has 180 valence electrons. The Hall–Kier alpha value is -4.21. The molecule has 2 heterocycles. The van der Waals surface area contributed by atoms with Gasteiger partial charge in [0.05, 0.1) is 22.7 Å². The number of allylic oxidation sites excluding steroid dienone is 7. The highest BCUT2D eigenvalue weighted by Gasteiger charge is 2.27. The predicted molar refractivity (Wildman–Crippen MR) is 125 cm³/mol. The van der Waals surface area contributed by atoms with Gasteiger partial charge < -0.3 is 15.0 Å². The molecule has 35 heavy (non-hydrogen) atoms. The number of halogens is 4. The van der Waals surface area contributed by atoms with Crippen molar-refractivity contribution in [1.82, 2.24) is 4.57 Å². The number of hydrogen-bond donors (Lipinski definition) is 3. The van der Waals surface area contributed by atoms with E-state index in [1.165, 1.54) is 22.9 Å². The van der Waals surface area contributed by atoms with Gasteiger partial charge in [0.1, 0.15) is 23.3 Å². The second-order valence-corrected chi connectivity index (χ2v) is 7.94. The van der Waals surface area contributed by atoms with Gasteiger partial charge in [-0.2, -0.15) is 0 Å². The second-order valence-electron chi connectivity index (χ2n) is 7.94. The zero-order chi connectivity index (χ0) is 25.3. The van der Waals surface area contributed by atoms with Crippen LogP contribution in [0.3, 0.4) is 0 Å². The molecule has 0 spiro atoms. The van der Waals surface area contributed by atoms with Crippen LogP contribution < -0.4 is 11.2 Å². The zero-order valence-corrected chi connectivity index (χ0v) is 18.2. The molecule has 0 saturated heterocycles. The van der Waals surface area contributed by atoms with Crippen LogP contribution in [0.4, 0.5) is 17.6 Å². The second kappa shape index (κ2) is 9.57. The maximum absolute atomic E-state index is 15.2. The van der Waals surface area contributed by atoms with Crippen LogP contribution in [0.25, 0.3) is 22.9 Å². The van der Waals surface area contributed by atoms with Crippen LogP contribution in [-0.4, -0.2) is 16.5 Å². The third kappa shape index (κ3) is 4.72. The SMILES string of the molecule is N=C(N)OC(=N)c1cc(F)c(-c2c3n(ccc2=O)C(C2CCC=C(F)C=C2F)=CCC=C3)c(F)c1. The van der Waals surface area contributed by atoms with E-state index in [2.05, 4.69) is 4.74 Å². The molecule has 0 amide bonds. The smallest absolute Gasteiger partial charge is 0.285 e. The van der Waals surface area contributed by atoms with Gasteiger partial charge in [-0.1, -0.05) is 12.2 Å². The Balaban J connectivity index is 1.87. The molecule has 4 rings (SSSR count). The molecule has 1 aromatic carbocycles. The van der Waals surface area contributed by atoms with E-state index in [1.54, 1.807) is 12.2 Å². The largest absolute Gasteiger partial charge is 0.407 e. The summed E-state index contributed by atoms with van der Waals surface area (Å²) in [5.41, 5.74) is 3.69. The van der Waals surface area contributed by atoms with E-state index in [0.717, 1.165) is 24.3 Å². The minimum atomic E-state index is -1.14. The highest BCUT2D eigenvalue weighted by Crippen LogP contribution is 2.37. The van der Waals surface area contributed by atoms with Crippen molar-refractivity contribution in [2.75, 3.05) is 0 Å². The van der Waals surface area contributed by atoms with Crippen molar-refractivity contribution in [3.63, 3.8) is 0 Å². The Labute approximate surface area is 197 Å². The van der Waals surface area contributed by atoms with Crippen molar-refractivity contribution in [3.05, 3.63) is 93.5 Å². The number of pyridine rings is 1. The van der Waals surface area contributed by atoms with E-state index < -0.39 is 52.1 Å². The summed E-state index contributed by atoms with van der Waals surface area (Å²) in [5.74, 6) is -5.22. The molecule has 4 N–H and O–H groups in total. The molecule has 1 aliphatic carbocycles. The summed E-state index contributed by atoms with van der Waals surface area (Å²) >= 11 is 0. The van der Waals surface area contributed by atoms with Gasteiger partial charge in [-0.15, -0.1) is 0 Å². The summed E-state index contributed by atoms with van der Waals surface area (Å²) in [5, 5.41) is 14.8. The maximum Gasteiger partial charge on any atom is 0.285 e. The van der Waals surface area contributed by atoms with Crippen molar-refractivity contribution < 1.29 is 22.3 Å². The number of benzene rings is 1. The van der Waals surface area contributed by atoms with Crippen LogP contribution in [0.1, 0.15) is 30.5 Å². The average molecular weight is 484 g/mol. The Morgan fingerprint density at radius 1 is 1.09 bits per heavy atom. The number of amidine groups is 1. The standard InChI is InChI=1S/C25H20F4N4O2/c26-14-4-3-5-15(16(27)12-14)19-6-1-2-7-20-23(21(34)8-9-33(19)20)22-17(28)10-13(11-18(22)29)24(30)35-25(31)32/h2,4,6-12,15,30H,1,3,5H2,(H3,31,32). The topological polar surface area (TPSA) is 105 Å². The summed E-state index contributed by atoms with van der Waals surface area (Å²) in [6.07, 6.45) is 9.30. The molecular formula is C25H20F4N4O2. The molecule has 1 aromatic heterocycles. The Kier molecular flexibility index (Phi) is 6.54. The fourth-order valence-electron chi connectivity index (χ4n) is 4.19. The third-order valence-corrected chi connectivity index (χ3v) is 5.68. The molecule has 1 aliphatic heterocycles. The van der Waals surface area contributed by atoms with Crippen molar-refractivity contribution in [1.29, 1.82) is 10.8 Å². The lowest BCUT2D eigenvalue weighted by molar-refractivity contribution is 0.504. The number of aromatic nitrogens is 1. The number of hydrogen-bond acceptors (Lipinski definition) is 4. The lowest BCUT2D eigenvalue weighted by Gasteiger charge is -2.23. The number of rotatable bonds is 3. The van der Waals surface area contributed by atoms with E-state index >= 15 is 8.78 Å². The van der Waals surface area contributed by atoms with Gasteiger partial charge in [0, 0.05) is 29.6 Å². The summed E-state index contributed by atoms with van der Waals surface area (Å²) in [4.78, 5) is 12.9. The average Bonchev–Trinajstić information content (AvgIpc) is 3.08. The van der Waals surface area contributed by atoms with E-state index in [9.17, 15) is 13.6 Å². The molecule has 0 saturated carbocycles. The molecule has 2 aromatic rings. The van der Waals surface area contributed by atoms with Crippen LogP contribution in [0.5, 0.6) is 0 Å². The van der Waals surface area contributed by atoms with Gasteiger partial charge in [0.2, 0.25) is 5.90 Å². The fourth-order valence-corrected chi connectivity index (χ4v) is 4.19. The third-order valence-electron chi connectivity index (χ3n) is 5.68. The van der Waals surface area contributed by atoms with Crippen LogP contribution >= 0.6 is 0 Å². The molecule has 10 heteroatoms. The van der Waals surface area contributed by atoms with Gasteiger partial charge in [-0.25, -0.2) is 17.6 Å². The quantitative estimate of drug-likeness (QED) is 0.308. The lowest BCUT2D eigenvalue weighted by atomic mass is 9.96. The molecule has 1 atom stereocenters. The van der Waals surface area contributed by atoms with Gasteiger partial charge in [-0.3, -0.25) is 15.6 Å². The highest BCUT2D eigenvalue weighted by atomic mass is 19.1. The minimum Gasteiger partial charge on any atom is -0.407 e. The molecule has 0 bridgehead atoms. The van der Waals surface area contributed by atoms with Crippen molar-refractivity contribution >= 4 is 23.7 Å². The summed E-state index contributed by atoms with van der Waals surface area (Å²) in [6, 6.07) is 1.89. The summed E-state index contributed by atoms with van der Waals surface area (Å²) < 4.78 is 65.0. The van der Waals surface area contributed by atoms with Gasteiger partial charge >= 0.3 is 0 Å². The summed E-state index contributed by atoms with van der Waals surface area (Å²) in [6.45, 7) is 0. The van der Waals surface area contributed by atoms with E-state index in [0.29, 0.717) is 12.1 Å². The van der Waals surface area contributed by atoms with Crippen molar-refractivity contribution in [3.8, 4) is 11.1 Å². The highest BCUT2D eigenvalue weighted by molar-refractivity contribution is 5.98. The molecule has 2 aliphatic rings. The normalized spacial score (nSPS) is 17.4. The van der Waals surface area contributed by atoms with E-state index in [-0.39, 0.29) is 29.7 Å². The first kappa shape index (κ1) is 23.9. The first-order valence-corrected chi connectivity index (χ1v) is 10.6. The first-order valence-electron chi connectivity index (χ1n) is 10.6. The molecule has 6 nitrogen and oxygen atoms in total. The predicted octanol–water partition coefficient (Wildman–Crippen LogP) is 5.40. The molecule has 0 radical (unpaired) electrons. The van der Waals surface area contributed by atoms with Gasteiger partial charge in [0.25, 0.3) is 6.02 Å². The van der Waals surface area contributed by atoms with Crippen LogP contribution in [-0.2, 0) is 4.74 Å². The van der Waals surface area contributed by atoms with Gasteiger partial charge in [-0.05, 0) is 43.5 Å². The van der Waals surface area contributed by atoms with E-state index in [4.69, 9.17) is 16.6 Å². The van der Waals surface area contributed by atoms with Crippen molar-refractivity contribution in [2.45, 2.75) is 19.3 Å². The minimum absolute atomic E-state index is 0.132. The first-order chi connectivity index (χ1) is 16.7. The van der Waals surface area contributed by atoms with E-state index in [1.807, 2.05) is 0 Å². The Morgan fingerprint density at radius 2 is 1.80 bits per heavy atom. The number of fused-ring (bicyclic) bond motifs is 1. The van der Waals surface area contributed by atoms with Crippen LogP contribution in [0.2, 0.25) is 0 Å². The summed E-state index contributed by atoms with van der Waals surface area (Å²) in [7, 11) is 0. The van der Waals surface area contributed by atoms with Crippen molar-refractivity contribution in [2.24, 2.45) is 11.7 Å². The number of ether oxygens (including phenoxy) is 1. The maximum atomic E-state index is 15.2. The van der Waals surface area contributed by atoms with Gasteiger partial charge in [0.15, 0.2) is 5.43 Å². The number of nitrogens with two attached hydrogens (primary N) is 1. The lowest BCUT2D eigenvalue weighted by Crippen LogP contribution is -2.20. The number of nitrogens with zero attached hydrogens (tertiary/aromatic N) is 1. The Bertz CT molecular complexity index is 1400.